The van der Waals surface area contributed by atoms with Gasteiger partial charge in [-0.15, -0.1) is 11.6 Å². The molecule has 0 saturated carbocycles. The van der Waals surface area contributed by atoms with Crippen LogP contribution >= 0.6 is 11.6 Å². The molecule has 0 radical (unpaired) electrons. The first-order valence-electron chi connectivity index (χ1n) is 5.47. The van der Waals surface area contributed by atoms with Gasteiger partial charge in [0.05, 0.1) is 6.26 Å². The Bertz CT molecular complexity index is 521. The maximum atomic E-state index is 11.3. The lowest BCUT2D eigenvalue weighted by atomic mass is 10.1. The van der Waals surface area contributed by atoms with Crippen molar-refractivity contribution < 1.29 is 9.21 Å². The number of halogens is 1. The lowest BCUT2D eigenvalue weighted by molar-refractivity contribution is -0.127. The van der Waals surface area contributed by atoms with Gasteiger partial charge in [0.1, 0.15) is 11.5 Å². The Balaban J connectivity index is 2.07. The summed E-state index contributed by atoms with van der Waals surface area (Å²) in [5, 5.41) is 1.11. The molecule has 1 amide bonds. The highest BCUT2D eigenvalue weighted by Gasteiger charge is 2.09. The number of carbonyl (C=O) groups is 1. The molecule has 2 rings (SSSR count). The number of likely N-dealkylation sites (N-methyl/N-ethyl adjacent to an activating group) is 1. The number of carbonyl (C=O) groups excluding carboxylic acids is 1. The predicted octanol–water partition coefficient (Wildman–Crippen LogP) is 2.67. The molecule has 1 aromatic carbocycles. The Hall–Kier alpha value is -1.48. The molecule has 0 unspecified atom stereocenters. The first kappa shape index (κ1) is 12.0. The van der Waals surface area contributed by atoms with Crippen LogP contribution in [0.2, 0.25) is 0 Å². The molecule has 1 heterocycles. The summed E-state index contributed by atoms with van der Waals surface area (Å²) in [5.41, 5.74) is 2.00. The minimum Gasteiger partial charge on any atom is -0.464 e. The topological polar surface area (TPSA) is 33.5 Å². The summed E-state index contributed by atoms with van der Waals surface area (Å²) in [7, 11) is 1.76. The number of furan rings is 1. The van der Waals surface area contributed by atoms with Gasteiger partial charge >= 0.3 is 0 Å². The highest BCUT2D eigenvalue weighted by Crippen LogP contribution is 2.21. The van der Waals surface area contributed by atoms with Gasteiger partial charge in [0.15, 0.2) is 0 Å². The average molecular weight is 252 g/mol. The van der Waals surface area contributed by atoms with Crippen molar-refractivity contribution in [2.75, 3.05) is 19.5 Å². The molecule has 0 aliphatic rings. The number of fused-ring (bicyclic) bond motifs is 1. The van der Waals surface area contributed by atoms with Gasteiger partial charge in [-0.1, -0.05) is 18.2 Å². The van der Waals surface area contributed by atoms with Gasteiger partial charge in [-0.3, -0.25) is 4.79 Å². The largest absolute Gasteiger partial charge is 0.464 e. The van der Waals surface area contributed by atoms with Crippen LogP contribution in [-0.4, -0.2) is 30.3 Å². The van der Waals surface area contributed by atoms with Crippen molar-refractivity contribution in [2.45, 2.75) is 6.42 Å². The van der Waals surface area contributed by atoms with Crippen molar-refractivity contribution in [1.82, 2.24) is 4.90 Å². The number of nitrogens with zero attached hydrogens (tertiary/aromatic N) is 1. The zero-order valence-corrected chi connectivity index (χ0v) is 10.4. The average Bonchev–Trinajstić information content (AvgIpc) is 2.78. The molecule has 2 aromatic rings. The molecule has 17 heavy (non-hydrogen) atoms. The molecule has 0 atom stereocenters. The van der Waals surface area contributed by atoms with E-state index >= 15 is 0 Å². The summed E-state index contributed by atoms with van der Waals surface area (Å²) in [6.45, 7) is 0.648. The van der Waals surface area contributed by atoms with Crippen LogP contribution < -0.4 is 0 Å². The molecule has 0 aliphatic heterocycles. The Morgan fingerprint density at radius 2 is 2.18 bits per heavy atom. The van der Waals surface area contributed by atoms with Crippen molar-refractivity contribution in [3.8, 4) is 0 Å². The van der Waals surface area contributed by atoms with E-state index in [9.17, 15) is 4.79 Å². The minimum absolute atomic E-state index is 0.0304. The van der Waals surface area contributed by atoms with Crippen LogP contribution in [0.4, 0.5) is 0 Å². The number of benzene rings is 1. The van der Waals surface area contributed by atoms with Crippen molar-refractivity contribution in [2.24, 2.45) is 0 Å². The first-order chi connectivity index (χ1) is 8.22. The number of para-hydroxylation sites is 1. The number of hydrogen-bond donors (Lipinski definition) is 0. The Morgan fingerprint density at radius 3 is 2.94 bits per heavy atom. The fourth-order valence-corrected chi connectivity index (χ4v) is 1.95. The van der Waals surface area contributed by atoms with Gasteiger partial charge < -0.3 is 9.32 Å². The first-order valence-corrected chi connectivity index (χ1v) is 6.01. The van der Waals surface area contributed by atoms with Crippen LogP contribution in [0.5, 0.6) is 0 Å². The van der Waals surface area contributed by atoms with Gasteiger partial charge in [-0.25, -0.2) is 0 Å². The molecule has 90 valence electrons. The third-order valence-corrected chi connectivity index (χ3v) is 3.05. The summed E-state index contributed by atoms with van der Waals surface area (Å²) >= 11 is 5.49. The fraction of sp³-hybridized carbons (Fsp3) is 0.308. The molecule has 4 heteroatoms. The minimum atomic E-state index is -0.0560. The summed E-state index contributed by atoms with van der Waals surface area (Å²) < 4.78 is 5.44. The van der Waals surface area contributed by atoms with E-state index in [1.54, 1.807) is 18.2 Å². The summed E-state index contributed by atoms with van der Waals surface area (Å²) in [6, 6.07) is 7.89. The van der Waals surface area contributed by atoms with E-state index in [1.165, 1.54) is 0 Å². The number of alkyl halides is 1. The molecular formula is C13H14ClNO2. The lowest BCUT2D eigenvalue weighted by Crippen LogP contribution is -2.29. The van der Waals surface area contributed by atoms with Crippen LogP contribution in [0.15, 0.2) is 34.9 Å². The van der Waals surface area contributed by atoms with Crippen molar-refractivity contribution in [1.29, 1.82) is 0 Å². The van der Waals surface area contributed by atoms with Crippen LogP contribution in [-0.2, 0) is 11.2 Å². The van der Waals surface area contributed by atoms with Gasteiger partial charge in [0.25, 0.3) is 0 Å². The van der Waals surface area contributed by atoms with E-state index in [-0.39, 0.29) is 11.8 Å². The zero-order valence-electron chi connectivity index (χ0n) is 9.65. The standard InChI is InChI=1S/C13H14ClNO2/c1-15(13(16)8-14)7-6-10-9-17-12-5-3-2-4-11(10)12/h2-5,9H,6-8H2,1H3. The summed E-state index contributed by atoms with van der Waals surface area (Å²) in [4.78, 5) is 12.9. The molecule has 0 N–H and O–H groups in total. The van der Waals surface area contributed by atoms with Gasteiger partial charge in [0.2, 0.25) is 5.91 Å². The van der Waals surface area contributed by atoms with Gasteiger partial charge in [-0.05, 0) is 18.1 Å². The highest BCUT2D eigenvalue weighted by molar-refractivity contribution is 6.27. The quantitative estimate of drug-likeness (QED) is 0.783. The third kappa shape index (κ3) is 2.61. The Morgan fingerprint density at radius 1 is 1.41 bits per heavy atom. The van der Waals surface area contributed by atoms with Crippen molar-refractivity contribution in [3.05, 3.63) is 36.1 Å². The number of amides is 1. The molecule has 0 bridgehead atoms. The van der Waals surface area contributed by atoms with E-state index in [0.29, 0.717) is 6.54 Å². The molecular weight excluding hydrogens is 238 g/mol. The second kappa shape index (κ2) is 5.23. The number of hydrogen-bond acceptors (Lipinski definition) is 2. The van der Waals surface area contributed by atoms with Crippen molar-refractivity contribution in [3.63, 3.8) is 0 Å². The maximum Gasteiger partial charge on any atom is 0.237 e. The number of rotatable bonds is 4. The zero-order chi connectivity index (χ0) is 12.3. The van der Waals surface area contributed by atoms with E-state index in [2.05, 4.69) is 0 Å². The highest BCUT2D eigenvalue weighted by atomic mass is 35.5. The Kier molecular flexibility index (Phi) is 3.69. The smallest absolute Gasteiger partial charge is 0.237 e. The second-order valence-electron chi connectivity index (χ2n) is 3.96. The maximum absolute atomic E-state index is 11.3. The predicted molar refractivity (Wildman–Crippen MR) is 68.3 cm³/mol. The Labute approximate surface area is 105 Å². The molecule has 0 spiro atoms. The van der Waals surface area contributed by atoms with Gasteiger partial charge in [-0.2, -0.15) is 0 Å². The molecule has 0 fully saturated rings. The van der Waals surface area contributed by atoms with E-state index in [0.717, 1.165) is 23.0 Å². The van der Waals surface area contributed by atoms with Crippen LogP contribution in [0.25, 0.3) is 11.0 Å². The molecule has 0 aliphatic carbocycles. The van der Waals surface area contributed by atoms with Crippen molar-refractivity contribution >= 4 is 28.5 Å². The van der Waals surface area contributed by atoms with Crippen LogP contribution in [0, 0.1) is 0 Å². The summed E-state index contributed by atoms with van der Waals surface area (Å²) in [6.07, 6.45) is 2.53. The van der Waals surface area contributed by atoms with Crippen LogP contribution in [0.3, 0.4) is 0 Å². The third-order valence-electron chi connectivity index (χ3n) is 2.82. The van der Waals surface area contributed by atoms with E-state index < -0.39 is 0 Å². The molecule has 0 saturated heterocycles. The fourth-order valence-electron chi connectivity index (χ4n) is 1.74. The monoisotopic (exact) mass is 251 g/mol. The van der Waals surface area contributed by atoms with E-state index in [1.807, 2.05) is 24.3 Å². The second-order valence-corrected chi connectivity index (χ2v) is 4.22. The lowest BCUT2D eigenvalue weighted by Gasteiger charge is -2.14. The normalized spacial score (nSPS) is 10.7. The molecule has 3 nitrogen and oxygen atoms in total. The molecule has 1 aromatic heterocycles. The SMILES string of the molecule is CN(CCc1coc2ccccc12)C(=O)CCl. The summed E-state index contributed by atoms with van der Waals surface area (Å²) in [5.74, 6) is -0.0257. The van der Waals surface area contributed by atoms with E-state index in [4.69, 9.17) is 16.0 Å². The van der Waals surface area contributed by atoms with Crippen LogP contribution in [0.1, 0.15) is 5.56 Å². The van der Waals surface area contributed by atoms with Gasteiger partial charge in [0, 0.05) is 19.0 Å².